The Labute approximate surface area is 155 Å². The molecule has 0 spiro atoms. The lowest BCUT2D eigenvalue weighted by Crippen LogP contribution is -2.39. The smallest absolute Gasteiger partial charge is 0.193 e. The lowest BCUT2D eigenvalue weighted by atomic mass is 10.2. The van der Waals surface area contributed by atoms with Crippen molar-refractivity contribution in [1.29, 1.82) is 0 Å². The second kappa shape index (κ2) is 10.0. The number of likely N-dealkylation sites (N-methyl/N-ethyl adjacent to an activating group) is 1. The predicted octanol–water partition coefficient (Wildman–Crippen LogP) is 3.24. The van der Waals surface area contributed by atoms with Crippen molar-refractivity contribution in [1.82, 2.24) is 15.2 Å². The number of nitrogens with zero attached hydrogens (tertiary/aromatic N) is 4. The van der Waals surface area contributed by atoms with Crippen LogP contribution >= 0.6 is 11.3 Å². The van der Waals surface area contributed by atoms with E-state index in [1.807, 2.05) is 13.2 Å². The molecule has 2 heterocycles. The molecule has 0 fully saturated rings. The summed E-state index contributed by atoms with van der Waals surface area (Å²) >= 11 is 1.80. The number of guanidine groups is 1. The first-order chi connectivity index (χ1) is 12.2. The third-order valence-corrected chi connectivity index (χ3v) is 5.13. The topological polar surface area (TPSA) is 43.8 Å². The second-order valence-corrected chi connectivity index (χ2v) is 6.88. The van der Waals surface area contributed by atoms with Crippen LogP contribution in [0.5, 0.6) is 0 Å². The Balaban J connectivity index is 1.85. The SMILES string of the molecule is CCN(CC)c1ccc(CNC(=NC)N(C)CCc2cccs2)cn1. The summed E-state index contributed by atoms with van der Waals surface area (Å²) in [7, 11) is 3.90. The van der Waals surface area contributed by atoms with E-state index in [0.29, 0.717) is 0 Å². The minimum atomic E-state index is 0.724. The van der Waals surface area contributed by atoms with Gasteiger partial charge in [-0.05, 0) is 43.3 Å². The average Bonchev–Trinajstić information content (AvgIpc) is 3.16. The first-order valence-corrected chi connectivity index (χ1v) is 9.69. The molecule has 0 aromatic carbocycles. The van der Waals surface area contributed by atoms with Crippen LogP contribution in [-0.2, 0) is 13.0 Å². The molecular formula is C19H29N5S. The van der Waals surface area contributed by atoms with Gasteiger partial charge in [0.1, 0.15) is 5.82 Å². The van der Waals surface area contributed by atoms with E-state index in [4.69, 9.17) is 0 Å². The number of nitrogens with one attached hydrogen (secondary N) is 1. The predicted molar refractivity (Wildman–Crippen MR) is 109 cm³/mol. The molecule has 0 aliphatic heterocycles. The van der Waals surface area contributed by atoms with Crippen molar-refractivity contribution in [2.75, 3.05) is 38.6 Å². The molecule has 0 saturated carbocycles. The Morgan fingerprint density at radius 2 is 2.04 bits per heavy atom. The Kier molecular flexibility index (Phi) is 7.73. The van der Waals surface area contributed by atoms with Crippen molar-refractivity contribution in [2.24, 2.45) is 4.99 Å². The van der Waals surface area contributed by atoms with Crippen LogP contribution in [0.25, 0.3) is 0 Å². The van der Waals surface area contributed by atoms with Crippen LogP contribution in [-0.4, -0.2) is 49.6 Å². The quantitative estimate of drug-likeness (QED) is 0.580. The van der Waals surface area contributed by atoms with Crippen molar-refractivity contribution in [3.63, 3.8) is 0 Å². The third kappa shape index (κ3) is 5.74. The molecule has 136 valence electrons. The number of pyridine rings is 1. The third-order valence-electron chi connectivity index (χ3n) is 4.19. The Hall–Kier alpha value is -2.08. The molecule has 0 saturated heterocycles. The van der Waals surface area contributed by atoms with Gasteiger partial charge in [-0.3, -0.25) is 4.99 Å². The van der Waals surface area contributed by atoms with Gasteiger partial charge in [0.15, 0.2) is 5.96 Å². The number of thiophene rings is 1. The zero-order valence-corrected chi connectivity index (χ0v) is 16.5. The van der Waals surface area contributed by atoms with Crippen molar-refractivity contribution in [3.05, 3.63) is 46.3 Å². The molecule has 0 aliphatic carbocycles. The first-order valence-electron chi connectivity index (χ1n) is 8.82. The summed E-state index contributed by atoms with van der Waals surface area (Å²) in [5.74, 6) is 1.94. The largest absolute Gasteiger partial charge is 0.357 e. The van der Waals surface area contributed by atoms with E-state index >= 15 is 0 Å². The molecule has 2 rings (SSSR count). The minimum Gasteiger partial charge on any atom is -0.357 e. The lowest BCUT2D eigenvalue weighted by molar-refractivity contribution is 0.486. The number of rotatable bonds is 8. The summed E-state index contributed by atoms with van der Waals surface area (Å²) in [4.78, 5) is 14.8. The van der Waals surface area contributed by atoms with Gasteiger partial charge in [-0.2, -0.15) is 0 Å². The second-order valence-electron chi connectivity index (χ2n) is 5.85. The minimum absolute atomic E-state index is 0.724. The molecule has 2 aromatic heterocycles. The lowest BCUT2D eigenvalue weighted by Gasteiger charge is -2.22. The van der Waals surface area contributed by atoms with Gasteiger partial charge in [-0.25, -0.2) is 4.98 Å². The maximum absolute atomic E-state index is 4.57. The number of hydrogen-bond acceptors (Lipinski definition) is 4. The first kappa shape index (κ1) is 19.2. The maximum atomic E-state index is 4.57. The van der Waals surface area contributed by atoms with Crippen LogP contribution in [0.2, 0.25) is 0 Å². The van der Waals surface area contributed by atoms with E-state index in [-0.39, 0.29) is 0 Å². The van der Waals surface area contributed by atoms with Gasteiger partial charge < -0.3 is 15.1 Å². The zero-order chi connectivity index (χ0) is 18.1. The number of aromatic nitrogens is 1. The van der Waals surface area contributed by atoms with Crippen molar-refractivity contribution in [2.45, 2.75) is 26.8 Å². The van der Waals surface area contributed by atoms with E-state index in [9.17, 15) is 0 Å². The fourth-order valence-corrected chi connectivity index (χ4v) is 3.36. The summed E-state index contributed by atoms with van der Waals surface area (Å²) in [6.07, 6.45) is 2.98. The monoisotopic (exact) mass is 359 g/mol. The molecule has 0 amide bonds. The molecule has 5 nitrogen and oxygen atoms in total. The summed E-state index contributed by atoms with van der Waals surface area (Å²) < 4.78 is 0. The van der Waals surface area contributed by atoms with E-state index in [1.54, 1.807) is 11.3 Å². The Morgan fingerprint density at radius 1 is 1.24 bits per heavy atom. The van der Waals surface area contributed by atoms with E-state index in [0.717, 1.165) is 49.9 Å². The summed E-state index contributed by atoms with van der Waals surface area (Å²) in [5.41, 5.74) is 1.16. The molecule has 25 heavy (non-hydrogen) atoms. The van der Waals surface area contributed by atoms with Crippen LogP contribution in [0, 0.1) is 0 Å². The van der Waals surface area contributed by atoms with Crippen molar-refractivity contribution >= 4 is 23.1 Å². The zero-order valence-electron chi connectivity index (χ0n) is 15.7. The van der Waals surface area contributed by atoms with Crippen LogP contribution in [0.4, 0.5) is 5.82 Å². The molecule has 0 aliphatic rings. The van der Waals surface area contributed by atoms with Crippen LogP contribution in [0.15, 0.2) is 40.8 Å². The number of aliphatic imine (C=N–C) groups is 1. The van der Waals surface area contributed by atoms with Gasteiger partial charge in [0.2, 0.25) is 0 Å². The Morgan fingerprint density at radius 3 is 2.60 bits per heavy atom. The molecule has 0 unspecified atom stereocenters. The van der Waals surface area contributed by atoms with Crippen LogP contribution < -0.4 is 10.2 Å². The van der Waals surface area contributed by atoms with Gasteiger partial charge in [-0.1, -0.05) is 12.1 Å². The highest BCUT2D eigenvalue weighted by Crippen LogP contribution is 2.11. The highest BCUT2D eigenvalue weighted by molar-refractivity contribution is 7.09. The molecule has 0 radical (unpaired) electrons. The van der Waals surface area contributed by atoms with E-state index < -0.39 is 0 Å². The number of anilines is 1. The van der Waals surface area contributed by atoms with E-state index in [2.05, 4.69) is 75.6 Å². The Bertz CT molecular complexity index is 632. The molecule has 1 N–H and O–H groups in total. The highest BCUT2D eigenvalue weighted by atomic mass is 32.1. The van der Waals surface area contributed by atoms with Gasteiger partial charge >= 0.3 is 0 Å². The molecule has 0 bridgehead atoms. The maximum Gasteiger partial charge on any atom is 0.193 e. The molecule has 2 aromatic rings. The normalized spacial score (nSPS) is 11.4. The van der Waals surface area contributed by atoms with Crippen molar-refractivity contribution in [3.8, 4) is 0 Å². The van der Waals surface area contributed by atoms with Gasteiger partial charge in [-0.15, -0.1) is 11.3 Å². The van der Waals surface area contributed by atoms with E-state index in [1.165, 1.54) is 4.88 Å². The average molecular weight is 360 g/mol. The van der Waals surface area contributed by atoms with Crippen LogP contribution in [0.3, 0.4) is 0 Å². The fraction of sp³-hybridized carbons (Fsp3) is 0.474. The summed E-state index contributed by atoms with van der Waals surface area (Å²) in [6.45, 7) is 7.92. The highest BCUT2D eigenvalue weighted by Gasteiger charge is 2.07. The van der Waals surface area contributed by atoms with Crippen LogP contribution in [0.1, 0.15) is 24.3 Å². The number of hydrogen-bond donors (Lipinski definition) is 1. The van der Waals surface area contributed by atoms with Crippen molar-refractivity contribution < 1.29 is 0 Å². The van der Waals surface area contributed by atoms with Gasteiger partial charge in [0.25, 0.3) is 0 Å². The summed E-state index contributed by atoms with van der Waals surface area (Å²) in [5, 5.41) is 5.54. The molecular weight excluding hydrogens is 330 g/mol. The standard InChI is InChI=1S/C19H29N5S/c1-5-24(6-2)18-10-9-16(14-21-18)15-22-19(20-3)23(4)12-11-17-8-7-13-25-17/h7-10,13-14H,5-6,11-12,15H2,1-4H3,(H,20,22). The fourth-order valence-electron chi connectivity index (χ4n) is 2.66. The molecule has 0 atom stereocenters. The molecule has 6 heteroatoms. The van der Waals surface area contributed by atoms with Gasteiger partial charge in [0, 0.05) is 51.3 Å². The van der Waals surface area contributed by atoms with Gasteiger partial charge in [0.05, 0.1) is 0 Å². The summed E-state index contributed by atoms with van der Waals surface area (Å²) in [6, 6.07) is 8.50.